The fraction of sp³-hybridized carbons (Fsp3) is 0.435. The van der Waals surface area contributed by atoms with E-state index in [0.29, 0.717) is 31.0 Å². The minimum atomic E-state index is -3.60. The van der Waals surface area contributed by atoms with Crippen molar-refractivity contribution in [2.75, 3.05) is 20.2 Å². The normalized spacial score (nSPS) is 16.8. The van der Waals surface area contributed by atoms with Crippen molar-refractivity contribution < 1.29 is 17.9 Å². The van der Waals surface area contributed by atoms with E-state index in [2.05, 4.69) is 12.2 Å². The first-order valence-corrected chi connectivity index (χ1v) is 11.8. The van der Waals surface area contributed by atoms with E-state index in [9.17, 15) is 13.2 Å². The van der Waals surface area contributed by atoms with Gasteiger partial charge in [-0.2, -0.15) is 4.31 Å². The monoisotopic (exact) mass is 430 g/mol. The zero-order chi connectivity index (χ0) is 21.7. The van der Waals surface area contributed by atoms with Gasteiger partial charge in [-0.1, -0.05) is 32.0 Å². The number of nitrogens with one attached hydrogen (secondary N) is 1. The Morgan fingerprint density at radius 2 is 1.83 bits per heavy atom. The van der Waals surface area contributed by atoms with Crippen molar-refractivity contribution in [1.82, 2.24) is 9.62 Å². The molecule has 1 atom stereocenters. The third-order valence-corrected chi connectivity index (χ3v) is 7.60. The molecule has 2 aromatic rings. The van der Waals surface area contributed by atoms with Gasteiger partial charge in [0, 0.05) is 18.7 Å². The lowest BCUT2D eigenvalue weighted by Crippen LogP contribution is -2.38. The highest BCUT2D eigenvalue weighted by Crippen LogP contribution is 2.25. The number of rotatable bonds is 7. The fourth-order valence-electron chi connectivity index (χ4n) is 3.67. The van der Waals surface area contributed by atoms with E-state index in [4.69, 9.17) is 4.74 Å². The lowest BCUT2D eigenvalue weighted by atomic mass is 10.0. The van der Waals surface area contributed by atoms with Gasteiger partial charge in [-0.25, -0.2) is 8.42 Å². The van der Waals surface area contributed by atoms with Crippen molar-refractivity contribution in [3.8, 4) is 5.75 Å². The quantitative estimate of drug-likeness (QED) is 0.720. The number of piperidine rings is 1. The van der Waals surface area contributed by atoms with Gasteiger partial charge in [0.25, 0.3) is 5.91 Å². The van der Waals surface area contributed by atoms with Crippen LogP contribution in [-0.2, 0) is 10.0 Å². The Balaban J connectivity index is 1.76. The van der Waals surface area contributed by atoms with Crippen molar-refractivity contribution in [3.63, 3.8) is 0 Å². The standard InChI is InChI=1S/C23H30N2O4S/c1-4-22(18-8-10-20(29-3)11-9-18)24-23(26)19-6-5-7-21(16-19)30(27,28)25-14-12-17(2)13-15-25/h5-11,16-17,22H,4,12-15H2,1-3H3,(H,24,26)/t22-/m0/s1. The van der Waals surface area contributed by atoms with Gasteiger partial charge in [-0.15, -0.1) is 0 Å². The van der Waals surface area contributed by atoms with E-state index >= 15 is 0 Å². The summed E-state index contributed by atoms with van der Waals surface area (Å²) in [5, 5.41) is 3.01. The van der Waals surface area contributed by atoms with Crippen LogP contribution in [0.2, 0.25) is 0 Å². The molecule has 1 heterocycles. The van der Waals surface area contributed by atoms with Crippen LogP contribution in [0.15, 0.2) is 53.4 Å². The smallest absolute Gasteiger partial charge is 0.251 e. The van der Waals surface area contributed by atoms with Gasteiger partial charge < -0.3 is 10.1 Å². The number of ether oxygens (including phenoxy) is 1. The molecule has 0 aliphatic carbocycles. The summed E-state index contributed by atoms with van der Waals surface area (Å²) < 4.78 is 32.7. The van der Waals surface area contributed by atoms with E-state index in [-0.39, 0.29) is 16.8 Å². The third kappa shape index (κ3) is 5.02. The van der Waals surface area contributed by atoms with Crippen LogP contribution in [0, 0.1) is 5.92 Å². The summed E-state index contributed by atoms with van der Waals surface area (Å²) in [6.07, 6.45) is 2.43. The van der Waals surface area contributed by atoms with Crippen LogP contribution < -0.4 is 10.1 Å². The first-order valence-electron chi connectivity index (χ1n) is 10.4. The maximum atomic E-state index is 13.0. The first kappa shape index (κ1) is 22.3. The summed E-state index contributed by atoms with van der Waals surface area (Å²) in [5.41, 5.74) is 1.31. The molecule has 2 aromatic carbocycles. The highest BCUT2D eigenvalue weighted by Gasteiger charge is 2.28. The number of amides is 1. The Hall–Kier alpha value is -2.38. The zero-order valence-electron chi connectivity index (χ0n) is 17.8. The van der Waals surface area contributed by atoms with Gasteiger partial charge in [0.15, 0.2) is 0 Å². The summed E-state index contributed by atoms with van der Waals surface area (Å²) in [4.78, 5) is 13.0. The van der Waals surface area contributed by atoms with Crippen LogP contribution >= 0.6 is 0 Å². The summed E-state index contributed by atoms with van der Waals surface area (Å²) >= 11 is 0. The Labute approximate surface area is 179 Å². The molecule has 1 aliphatic heterocycles. The molecule has 1 amide bonds. The predicted octanol–water partition coefficient (Wildman–Crippen LogP) is 4.00. The molecule has 7 heteroatoms. The fourth-order valence-corrected chi connectivity index (χ4v) is 5.19. The number of benzene rings is 2. The van der Waals surface area contributed by atoms with Gasteiger partial charge in [-0.3, -0.25) is 4.79 Å². The van der Waals surface area contributed by atoms with Crippen LogP contribution in [-0.4, -0.2) is 38.8 Å². The molecule has 0 bridgehead atoms. The molecule has 0 saturated carbocycles. The second-order valence-electron chi connectivity index (χ2n) is 7.82. The van der Waals surface area contributed by atoms with E-state index in [1.807, 2.05) is 31.2 Å². The second-order valence-corrected chi connectivity index (χ2v) is 9.76. The summed E-state index contributed by atoms with van der Waals surface area (Å²) in [6.45, 7) is 5.18. The number of carbonyl (C=O) groups is 1. The molecular formula is C23H30N2O4S. The summed E-state index contributed by atoms with van der Waals surface area (Å²) in [6, 6.07) is 13.7. The van der Waals surface area contributed by atoms with Crippen molar-refractivity contribution in [3.05, 3.63) is 59.7 Å². The average Bonchev–Trinajstić information content (AvgIpc) is 2.77. The molecule has 1 aliphatic rings. The molecule has 1 fully saturated rings. The largest absolute Gasteiger partial charge is 0.497 e. The lowest BCUT2D eigenvalue weighted by molar-refractivity contribution is 0.0935. The van der Waals surface area contributed by atoms with Gasteiger partial charge in [0.1, 0.15) is 5.75 Å². The number of sulfonamides is 1. The SMILES string of the molecule is CC[C@H](NC(=O)c1cccc(S(=O)(=O)N2CCC(C)CC2)c1)c1ccc(OC)cc1. The van der Waals surface area contributed by atoms with E-state index in [1.165, 1.54) is 10.4 Å². The predicted molar refractivity (Wildman–Crippen MR) is 117 cm³/mol. The molecule has 1 N–H and O–H groups in total. The van der Waals surface area contributed by atoms with Crippen molar-refractivity contribution in [2.24, 2.45) is 5.92 Å². The minimum Gasteiger partial charge on any atom is -0.497 e. The van der Waals surface area contributed by atoms with Gasteiger partial charge in [-0.05, 0) is 61.1 Å². The Kier molecular flexibility index (Phi) is 7.15. The van der Waals surface area contributed by atoms with Gasteiger partial charge >= 0.3 is 0 Å². The highest BCUT2D eigenvalue weighted by molar-refractivity contribution is 7.89. The Morgan fingerprint density at radius 1 is 1.17 bits per heavy atom. The van der Waals surface area contributed by atoms with Crippen LogP contribution in [0.25, 0.3) is 0 Å². The maximum absolute atomic E-state index is 13.0. The number of carbonyl (C=O) groups excluding carboxylic acids is 1. The molecule has 3 rings (SSSR count). The summed E-state index contributed by atoms with van der Waals surface area (Å²) in [5.74, 6) is 1.00. The topological polar surface area (TPSA) is 75.7 Å². The zero-order valence-corrected chi connectivity index (χ0v) is 18.6. The Morgan fingerprint density at radius 3 is 2.43 bits per heavy atom. The van der Waals surface area contributed by atoms with Crippen LogP contribution in [0.5, 0.6) is 5.75 Å². The van der Waals surface area contributed by atoms with Crippen molar-refractivity contribution in [2.45, 2.75) is 44.0 Å². The molecule has 0 aromatic heterocycles. The Bertz CT molecular complexity index is 965. The van der Waals surface area contributed by atoms with E-state index < -0.39 is 10.0 Å². The molecule has 30 heavy (non-hydrogen) atoms. The molecular weight excluding hydrogens is 400 g/mol. The molecule has 1 saturated heterocycles. The van der Waals surface area contributed by atoms with E-state index in [1.54, 1.807) is 25.3 Å². The molecule has 6 nitrogen and oxygen atoms in total. The average molecular weight is 431 g/mol. The third-order valence-electron chi connectivity index (χ3n) is 5.71. The molecule has 0 spiro atoms. The second kappa shape index (κ2) is 9.62. The molecule has 0 unspecified atom stereocenters. The van der Waals surface area contributed by atoms with Crippen LogP contribution in [0.1, 0.15) is 55.1 Å². The van der Waals surface area contributed by atoms with Crippen LogP contribution in [0.4, 0.5) is 0 Å². The minimum absolute atomic E-state index is 0.169. The number of methoxy groups -OCH3 is 1. The highest BCUT2D eigenvalue weighted by atomic mass is 32.2. The number of hydrogen-bond donors (Lipinski definition) is 1. The van der Waals surface area contributed by atoms with Crippen LogP contribution in [0.3, 0.4) is 0 Å². The van der Waals surface area contributed by atoms with Crippen molar-refractivity contribution in [1.29, 1.82) is 0 Å². The first-order chi connectivity index (χ1) is 14.3. The molecule has 162 valence electrons. The lowest BCUT2D eigenvalue weighted by Gasteiger charge is -2.29. The maximum Gasteiger partial charge on any atom is 0.251 e. The summed E-state index contributed by atoms with van der Waals surface area (Å²) in [7, 11) is -1.99. The number of hydrogen-bond acceptors (Lipinski definition) is 4. The van der Waals surface area contributed by atoms with Gasteiger partial charge in [0.05, 0.1) is 18.0 Å². The van der Waals surface area contributed by atoms with E-state index in [0.717, 1.165) is 24.2 Å². The molecule has 0 radical (unpaired) electrons. The number of nitrogens with zero attached hydrogens (tertiary/aromatic N) is 1. The van der Waals surface area contributed by atoms with Crippen molar-refractivity contribution >= 4 is 15.9 Å². The van der Waals surface area contributed by atoms with Gasteiger partial charge in [0.2, 0.25) is 10.0 Å².